The normalized spacial score (nSPS) is 10.7. The number of fused-ring (bicyclic) bond motifs is 1. The molecule has 18 heavy (non-hydrogen) atoms. The first kappa shape index (κ1) is 12.6. The number of amides is 1. The first-order chi connectivity index (χ1) is 8.79. The molecule has 0 aliphatic rings. The molecule has 5 nitrogen and oxygen atoms in total. The lowest BCUT2D eigenvalue weighted by Gasteiger charge is -2.06. The molecule has 0 fully saturated rings. The van der Waals surface area contributed by atoms with Crippen LogP contribution in [0.5, 0.6) is 0 Å². The fourth-order valence-corrected chi connectivity index (χ4v) is 1.64. The minimum absolute atomic E-state index is 0.0362. The molecule has 5 heteroatoms. The van der Waals surface area contributed by atoms with E-state index in [0.29, 0.717) is 13.2 Å². The molecule has 1 amide bonds. The summed E-state index contributed by atoms with van der Waals surface area (Å²) >= 11 is 0. The Balaban J connectivity index is 1.86. The van der Waals surface area contributed by atoms with Gasteiger partial charge in [0.25, 0.3) is 0 Å². The van der Waals surface area contributed by atoms with E-state index in [1.807, 2.05) is 30.5 Å². The van der Waals surface area contributed by atoms with Gasteiger partial charge in [-0.3, -0.25) is 4.79 Å². The summed E-state index contributed by atoms with van der Waals surface area (Å²) in [5.74, 6) is -0.166. The van der Waals surface area contributed by atoms with Gasteiger partial charge < -0.3 is 19.8 Å². The Morgan fingerprint density at radius 3 is 3.06 bits per heavy atom. The molecule has 96 valence electrons. The summed E-state index contributed by atoms with van der Waals surface area (Å²) in [6.45, 7) is 0.942. The highest BCUT2D eigenvalue weighted by atomic mass is 16.5. The second-order valence-corrected chi connectivity index (χ2v) is 3.87. The molecule has 1 heterocycles. The number of hydrogen-bond donors (Lipinski definition) is 2. The van der Waals surface area contributed by atoms with Crippen molar-refractivity contribution in [3.8, 4) is 0 Å². The van der Waals surface area contributed by atoms with Crippen molar-refractivity contribution in [2.45, 2.75) is 0 Å². The van der Waals surface area contributed by atoms with Crippen LogP contribution in [0.3, 0.4) is 0 Å². The Morgan fingerprint density at radius 1 is 1.33 bits per heavy atom. The maximum atomic E-state index is 11.6. The number of H-pyrrole nitrogens is 1. The fourth-order valence-electron chi connectivity index (χ4n) is 1.64. The van der Waals surface area contributed by atoms with Gasteiger partial charge in [-0.25, -0.2) is 0 Å². The van der Waals surface area contributed by atoms with E-state index >= 15 is 0 Å². The molecule has 0 unspecified atom stereocenters. The molecule has 0 bridgehead atoms. The summed E-state index contributed by atoms with van der Waals surface area (Å²) in [6.07, 6.45) is 1.87. The second-order valence-electron chi connectivity index (χ2n) is 3.87. The summed E-state index contributed by atoms with van der Waals surface area (Å²) in [4.78, 5) is 14.7. The van der Waals surface area contributed by atoms with Crippen molar-refractivity contribution in [1.82, 2.24) is 4.98 Å². The Kier molecular flexibility index (Phi) is 4.33. The average molecular weight is 248 g/mol. The number of ether oxygens (including phenoxy) is 2. The molecule has 0 spiro atoms. The Hall–Kier alpha value is -1.85. The molecular weight excluding hydrogens is 232 g/mol. The maximum absolute atomic E-state index is 11.6. The molecule has 2 aromatic rings. The third-order valence-electron chi connectivity index (χ3n) is 2.50. The van der Waals surface area contributed by atoms with Gasteiger partial charge in [-0.1, -0.05) is 0 Å². The number of nitrogens with one attached hydrogen (secondary N) is 2. The van der Waals surface area contributed by atoms with Crippen LogP contribution in [0.25, 0.3) is 10.9 Å². The lowest BCUT2D eigenvalue weighted by atomic mass is 10.2. The Bertz CT molecular complexity index is 522. The summed E-state index contributed by atoms with van der Waals surface area (Å²) in [5, 5.41) is 3.85. The van der Waals surface area contributed by atoms with E-state index in [1.165, 1.54) is 0 Å². The summed E-state index contributed by atoms with van der Waals surface area (Å²) in [5.41, 5.74) is 1.81. The van der Waals surface area contributed by atoms with Gasteiger partial charge in [-0.05, 0) is 24.3 Å². The van der Waals surface area contributed by atoms with Crippen molar-refractivity contribution in [1.29, 1.82) is 0 Å². The minimum Gasteiger partial charge on any atom is -0.382 e. The van der Waals surface area contributed by atoms with E-state index in [4.69, 9.17) is 9.47 Å². The van der Waals surface area contributed by atoms with E-state index < -0.39 is 0 Å². The largest absolute Gasteiger partial charge is 0.382 e. The van der Waals surface area contributed by atoms with Gasteiger partial charge in [-0.2, -0.15) is 0 Å². The molecule has 1 aromatic heterocycles. The Morgan fingerprint density at radius 2 is 2.22 bits per heavy atom. The third-order valence-corrected chi connectivity index (χ3v) is 2.50. The van der Waals surface area contributed by atoms with Crippen molar-refractivity contribution in [2.75, 3.05) is 32.2 Å². The lowest BCUT2D eigenvalue weighted by molar-refractivity contribution is -0.121. The average Bonchev–Trinajstić information content (AvgIpc) is 2.82. The number of rotatable bonds is 6. The van der Waals surface area contributed by atoms with Gasteiger partial charge >= 0.3 is 0 Å². The SMILES string of the molecule is COCCOCC(=O)Nc1ccc2[nH]ccc2c1. The van der Waals surface area contributed by atoms with Crippen molar-refractivity contribution in [3.63, 3.8) is 0 Å². The van der Waals surface area contributed by atoms with Gasteiger partial charge in [-0.15, -0.1) is 0 Å². The van der Waals surface area contributed by atoms with E-state index in [2.05, 4.69) is 10.3 Å². The lowest BCUT2D eigenvalue weighted by Crippen LogP contribution is -2.19. The summed E-state index contributed by atoms with van der Waals surface area (Å²) < 4.78 is 9.96. The summed E-state index contributed by atoms with van der Waals surface area (Å²) in [7, 11) is 1.59. The molecule has 0 aliphatic heterocycles. The van der Waals surface area contributed by atoms with Crippen LogP contribution in [0.2, 0.25) is 0 Å². The number of methoxy groups -OCH3 is 1. The Labute approximate surface area is 105 Å². The molecule has 0 saturated heterocycles. The maximum Gasteiger partial charge on any atom is 0.250 e. The highest BCUT2D eigenvalue weighted by Gasteiger charge is 2.03. The standard InChI is InChI=1S/C13H16N2O3/c1-17-6-7-18-9-13(16)15-11-2-3-12-10(8-11)4-5-14-12/h2-5,8,14H,6-7,9H2,1H3,(H,15,16). The van der Waals surface area contributed by atoms with Gasteiger partial charge in [0.05, 0.1) is 13.2 Å². The minimum atomic E-state index is -0.166. The molecule has 0 saturated carbocycles. The molecule has 0 aliphatic carbocycles. The van der Waals surface area contributed by atoms with E-state index in [0.717, 1.165) is 16.6 Å². The van der Waals surface area contributed by atoms with Crippen LogP contribution in [-0.4, -0.2) is 37.8 Å². The molecule has 0 radical (unpaired) electrons. The number of hydrogen-bond acceptors (Lipinski definition) is 3. The van der Waals surface area contributed by atoms with Crippen LogP contribution >= 0.6 is 0 Å². The van der Waals surface area contributed by atoms with Crippen molar-refractivity contribution >= 4 is 22.5 Å². The molecule has 2 rings (SSSR count). The fraction of sp³-hybridized carbons (Fsp3) is 0.308. The van der Waals surface area contributed by atoms with Crippen LogP contribution in [0.4, 0.5) is 5.69 Å². The monoisotopic (exact) mass is 248 g/mol. The van der Waals surface area contributed by atoms with Crippen LogP contribution in [-0.2, 0) is 14.3 Å². The van der Waals surface area contributed by atoms with Crippen molar-refractivity contribution in [2.24, 2.45) is 0 Å². The smallest absolute Gasteiger partial charge is 0.250 e. The van der Waals surface area contributed by atoms with Crippen LogP contribution in [0, 0.1) is 0 Å². The highest BCUT2D eigenvalue weighted by molar-refractivity contribution is 5.94. The quantitative estimate of drug-likeness (QED) is 0.766. The first-order valence-electron chi connectivity index (χ1n) is 5.73. The molecule has 1 aromatic carbocycles. The van der Waals surface area contributed by atoms with Gasteiger partial charge in [0.15, 0.2) is 0 Å². The zero-order chi connectivity index (χ0) is 12.8. The highest BCUT2D eigenvalue weighted by Crippen LogP contribution is 2.17. The van der Waals surface area contributed by atoms with Crippen LogP contribution < -0.4 is 5.32 Å². The van der Waals surface area contributed by atoms with E-state index in [-0.39, 0.29) is 12.5 Å². The van der Waals surface area contributed by atoms with Crippen molar-refractivity contribution in [3.05, 3.63) is 30.5 Å². The third kappa shape index (κ3) is 3.32. The zero-order valence-corrected chi connectivity index (χ0v) is 10.2. The zero-order valence-electron chi connectivity index (χ0n) is 10.2. The number of benzene rings is 1. The number of aromatic amines is 1. The molecular formula is C13H16N2O3. The number of anilines is 1. The van der Waals surface area contributed by atoms with Crippen molar-refractivity contribution < 1.29 is 14.3 Å². The number of carbonyl (C=O) groups is 1. The summed E-state index contributed by atoms with van der Waals surface area (Å²) in [6, 6.07) is 7.65. The molecule has 0 atom stereocenters. The first-order valence-corrected chi connectivity index (χ1v) is 5.73. The van der Waals surface area contributed by atoms with E-state index in [9.17, 15) is 4.79 Å². The molecule has 2 N–H and O–H groups in total. The van der Waals surface area contributed by atoms with Gasteiger partial charge in [0.2, 0.25) is 5.91 Å². The second kappa shape index (κ2) is 6.18. The van der Waals surface area contributed by atoms with Gasteiger partial charge in [0.1, 0.15) is 6.61 Å². The predicted molar refractivity (Wildman–Crippen MR) is 69.6 cm³/mol. The van der Waals surface area contributed by atoms with Crippen LogP contribution in [0.15, 0.2) is 30.5 Å². The van der Waals surface area contributed by atoms with Crippen LogP contribution in [0.1, 0.15) is 0 Å². The number of aromatic nitrogens is 1. The predicted octanol–water partition coefficient (Wildman–Crippen LogP) is 1.77. The topological polar surface area (TPSA) is 63.4 Å². The van der Waals surface area contributed by atoms with Gasteiger partial charge in [0, 0.05) is 29.9 Å². The van der Waals surface area contributed by atoms with E-state index in [1.54, 1.807) is 7.11 Å². The number of carbonyl (C=O) groups excluding carboxylic acids is 1.